The summed E-state index contributed by atoms with van der Waals surface area (Å²) in [5.41, 5.74) is 2.88. The van der Waals surface area contributed by atoms with Crippen LogP contribution < -0.4 is 15.5 Å². The molecule has 1 aliphatic rings. The number of rotatable bonds is 6. The lowest BCUT2D eigenvalue weighted by Crippen LogP contribution is -2.36. The lowest BCUT2D eigenvalue weighted by Gasteiger charge is -2.27. The van der Waals surface area contributed by atoms with Crippen molar-refractivity contribution in [2.75, 3.05) is 24.5 Å². The van der Waals surface area contributed by atoms with E-state index in [1.165, 1.54) is 19.3 Å². The largest absolute Gasteiger partial charge is 0.357 e. The Labute approximate surface area is 164 Å². The molecule has 1 aliphatic heterocycles. The molecule has 1 saturated heterocycles. The van der Waals surface area contributed by atoms with Crippen LogP contribution in [-0.4, -0.2) is 40.0 Å². The van der Waals surface area contributed by atoms with E-state index in [9.17, 15) is 4.79 Å². The van der Waals surface area contributed by atoms with Crippen molar-refractivity contribution < 1.29 is 4.79 Å². The van der Waals surface area contributed by atoms with Gasteiger partial charge in [0.1, 0.15) is 11.5 Å². The molecule has 0 atom stereocenters. The van der Waals surface area contributed by atoms with Crippen molar-refractivity contribution in [2.45, 2.75) is 32.2 Å². The summed E-state index contributed by atoms with van der Waals surface area (Å²) >= 11 is 0. The molecule has 0 aromatic carbocycles. The third-order valence-corrected chi connectivity index (χ3v) is 5.02. The van der Waals surface area contributed by atoms with Crippen LogP contribution in [0, 0.1) is 0 Å². The lowest BCUT2D eigenvalue weighted by molar-refractivity contribution is 0.240. The normalized spacial score (nSPS) is 14.2. The maximum Gasteiger partial charge on any atom is 0.315 e. The summed E-state index contributed by atoms with van der Waals surface area (Å²) in [7, 11) is 0. The average molecular weight is 378 g/mol. The van der Waals surface area contributed by atoms with E-state index in [2.05, 4.69) is 25.5 Å². The Morgan fingerprint density at radius 1 is 1.07 bits per heavy atom. The van der Waals surface area contributed by atoms with E-state index >= 15 is 0 Å². The molecular formula is C21H26N6O. The van der Waals surface area contributed by atoms with Crippen LogP contribution in [0.25, 0.3) is 5.65 Å². The van der Waals surface area contributed by atoms with Gasteiger partial charge in [-0.15, -0.1) is 0 Å². The number of aromatic nitrogens is 3. The molecule has 2 N–H and O–H groups in total. The third kappa shape index (κ3) is 4.60. The van der Waals surface area contributed by atoms with Crippen LogP contribution in [0.3, 0.4) is 0 Å². The number of carbonyl (C=O) groups excluding carboxylic acids is 1. The van der Waals surface area contributed by atoms with Crippen molar-refractivity contribution >= 4 is 17.5 Å². The smallest absolute Gasteiger partial charge is 0.315 e. The highest BCUT2D eigenvalue weighted by Gasteiger charge is 2.11. The summed E-state index contributed by atoms with van der Waals surface area (Å²) in [6.45, 7) is 3.17. The number of carbonyl (C=O) groups is 1. The first-order valence-electron chi connectivity index (χ1n) is 9.92. The van der Waals surface area contributed by atoms with Crippen molar-refractivity contribution in [3.63, 3.8) is 0 Å². The van der Waals surface area contributed by atoms with Gasteiger partial charge in [0, 0.05) is 51.2 Å². The Morgan fingerprint density at radius 2 is 1.96 bits per heavy atom. The summed E-state index contributed by atoms with van der Waals surface area (Å²) in [6.07, 6.45) is 10.3. The number of nitrogens with one attached hydrogen (secondary N) is 2. The molecule has 1 fully saturated rings. The van der Waals surface area contributed by atoms with Gasteiger partial charge in [-0.1, -0.05) is 12.1 Å². The van der Waals surface area contributed by atoms with Gasteiger partial charge in [0.25, 0.3) is 0 Å². The number of amides is 2. The van der Waals surface area contributed by atoms with Crippen LogP contribution in [0.2, 0.25) is 0 Å². The fraction of sp³-hybridized carbons (Fsp3) is 0.381. The number of fused-ring (bicyclic) bond motifs is 1. The predicted molar refractivity (Wildman–Crippen MR) is 109 cm³/mol. The molecule has 0 saturated carbocycles. The number of imidazole rings is 1. The van der Waals surface area contributed by atoms with Crippen LogP contribution in [0.1, 0.15) is 30.5 Å². The second-order valence-corrected chi connectivity index (χ2v) is 7.13. The minimum absolute atomic E-state index is 0.177. The zero-order chi connectivity index (χ0) is 19.2. The SMILES string of the molecule is O=C(NCCc1cn2ccccc2n1)NCc1ccc(N2CCCCC2)nc1. The molecule has 2 amide bonds. The van der Waals surface area contributed by atoms with E-state index in [1.54, 1.807) is 0 Å². The third-order valence-electron chi connectivity index (χ3n) is 5.02. The number of piperidine rings is 1. The van der Waals surface area contributed by atoms with Gasteiger partial charge in [0.15, 0.2) is 0 Å². The maximum absolute atomic E-state index is 12.0. The zero-order valence-corrected chi connectivity index (χ0v) is 16.0. The van der Waals surface area contributed by atoms with E-state index in [-0.39, 0.29) is 6.03 Å². The van der Waals surface area contributed by atoms with Gasteiger partial charge in [0.05, 0.1) is 5.69 Å². The minimum atomic E-state index is -0.177. The van der Waals surface area contributed by atoms with Crippen molar-refractivity contribution in [1.82, 2.24) is 25.0 Å². The first-order valence-corrected chi connectivity index (χ1v) is 9.92. The van der Waals surface area contributed by atoms with Crippen molar-refractivity contribution in [3.8, 4) is 0 Å². The molecule has 7 nitrogen and oxygen atoms in total. The van der Waals surface area contributed by atoms with Gasteiger partial charge >= 0.3 is 6.03 Å². The van der Waals surface area contributed by atoms with Crippen LogP contribution in [0.5, 0.6) is 0 Å². The first kappa shape index (κ1) is 18.3. The number of hydrogen-bond donors (Lipinski definition) is 2. The monoisotopic (exact) mass is 378 g/mol. The quantitative estimate of drug-likeness (QED) is 0.692. The molecule has 0 spiro atoms. The van der Waals surface area contributed by atoms with Crippen LogP contribution in [-0.2, 0) is 13.0 Å². The van der Waals surface area contributed by atoms with Gasteiger partial charge in [-0.25, -0.2) is 14.8 Å². The average Bonchev–Trinajstić information content (AvgIpc) is 3.16. The molecule has 0 bridgehead atoms. The maximum atomic E-state index is 12.0. The molecule has 7 heteroatoms. The van der Waals surface area contributed by atoms with E-state index in [0.717, 1.165) is 35.8 Å². The predicted octanol–water partition coefficient (Wildman–Crippen LogP) is 2.76. The zero-order valence-electron chi connectivity index (χ0n) is 16.0. The minimum Gasteiger partial charge on any atom is -0.357 e. The topological polar surface area (TPSA) is 74.6 Å². The van der Waals surface area contributed by atoms with E-state index in [0.29, 0.717) is 19.5 Å². The van der Waals surface area contributed by atoms with Crippen LogP contribution in [0.15, 0.2) is 48.9 Å². The van der Waals surface area contributed by atoms with E-state index < -0.39 is 0 Å². The van der Waals surface area contributed by atoms with Gasteiger partial charge < -0.3 is 19.9 Å². The lowest BCUT2D eigenvalue weighted by atomic mass is 10.1. The summed E-state index contributed by atoms with van der Waals surface area (Å²) < 4.78 is 1.98. The Morgan fingerprint density at radius 3 is 2.75 bits per heavy atom. The summed E-state index contributed by atoms with van der Waals surface area (Å²) in [4.78, 5) is 23.4. The second kappa shape index (κ2) is 8.73. The summed E-state index contributed by atoms with van der Waals surface area (Å²) in [6, 6.07) is 9.80. The number of pyridine rings is 2. The molecule has 3 aromatic rings. The van der Waals surface area contributed by atoms with Crippen LogP contribution >= 0.6 is 0 Å². The van der Waals surface area contributed by atoms with Crippen molar-refractivity contribution in [2.24, 2.45) is 0 Å². The van der Waals surface area contributed by atoms with Gasteiger partial charge in [0.2, 0.25) is 0 Å². The Hall–Kier alpha value is -3.09. The summed E-state index contributed by atoms with van der Waals surface area (Å²) in [5.74, 6) is 1.03. The molecular weight excluding hydrogens is 352 g/mol. The fourth-order valence-corrected chi connectivity index (χ4v) is 3.49. The fourth-order valence-electron chi connectivity index (χ4n) is 3.49. The van der Waals surface area contributed by atoms with Gasteiger partial charge in [-0.3, -0.25) is 0 Å². The highest BCUT2D eigenvalue weighted by molar-refractivity contribution is 5.73. The van der Waals surface area contributed by atoms with Gasteiger partial charge in [-0.2, -0.15) is 0 Å². The highest BCUT2D eigenvalue weighted by Crippen LogP contribution is 2.17. The molecule has 0 unspecified atom stereocenters. The first-order chi connectivity index (χ1) is 13.8. The van der Waals surface area contributed by atoms with Crippen molar-refractivity contribution in [3.05, 3.63) is 60.2 Å². The Bertz CT molecular complexity index is 881. The highest BCUT2D eigenvalue weighted by atomic mass is 16.2. The van der Waals surface area contributed by atoms with Crippen LogP contribution in [0.4, 0.5) is 10.6 Å². The molecule has 4 rings (SSSR count). The number of nitrogens with zero attached hydrogens (tertiary/aromatic N) is 4. The molecule has 4 heterocycles. The number of anilines is 1. The molecule has 28 heavy (non-hydrogen) atoms. The Kier molecular flexibility index (Phi) is 5.70. The standard InChI is InChI=1S/C21H26N6O/c28-21(22-10-9-18-16-27-13-5-2-6-20(27)25-18)24-15-17-7-8-19(23-14-17)26-11-3-1-4-12-26/h2,5-8,13-14,16H,1,3-4,9-12,15H2,(H2,22,24,28). The molecule has 0 aliphatic carbocycles. The number of urea groups is 1. The van der Waals surface area contributed by atoms with E-state index in [4.69, 9.17) is 0 Å². The van der Waals surface area contributed by atoms with E-state index in [1.807, 2.05) is 53.3 Å². The molecule has 0 radical (unpaired) electrons. The molecule has 3 aromatic heterocycles. The van der Waals surface area contributed by atoms with Gasteiger partial charge in [-0.05, 0) is 43.0 Å². The number of hydrogen-bond acceptors (Lipinski definition) is 4. The molecule has 146 valence electrons. The van der Waals surface area contributed by atoms with Crippen molar-refractivity contribution in [1.29, 1.82) is 0 Å². The second-order valence-electron chi connectivity index (χ2n) is 7.13. The Balaban J connectivity index is 1.19. The summed E-state index contributed by atoms with van der Waals surface area (Å²) in [5, 5.41) is 5.76.